The van der Waals surface area contributed by atoms with Crippen molar-refractivity contribution in [3.63, 3.8) is 0 Å². The molecule has 0 saturated carbocycles. The van der Waals surface area contributed by atoms with Gasteiger partial charge in [-0.25, -0.2) is 0 Å². The molecule has 3 aromatic rings. The maximum absolute atomic E-state index is 14.6. The molecule has 3 unspecified atom stereocenters. The van der Waals surface area contributed by atoms with Crippen LogP contribution in [-0.4, -0.2) is 59.6 Å². The summed E-state index contributed by atoms with van der Waals surface area (Å²) in [6, 6.07) is 19.9. The second-order valence-corrected chi connectivity index (χ2v) is 15.9. The van der Waals surface area contributed by atoms with E-state index < -0.39 is 37.9 Å². The number of hydrogen-bond acceptors (Lipinski definition) is 8. The largest absolute Gasteiger partial charge is 0.455 e. The summed E-state index contributed by atoms with van der Waals surface area (Å²) < 4.78 is 32.7. The third-order valence-corrected chi connectivity index (χ3v) is 11.9. The lowest BCUT2D eigenvalue weighted by Gasteiger charge is -2.51. The SMILES string of the molecule is C=C[C@@H]1CN2CCC1C[C@H]2[C@H](OC(=O)CP(=O)(CCCCc1ccccc1)O[C@@H](OC(=O)CC)C(C)C)c1ccnc2ccccc12. The van der Waals surface area contributed by atoms with Gasteiger partial charge in [-0.05, 0) is 68.2 Å². The number of fused-ring (bicyclic) bond motifs is 4. The van der Waals surface area contributed by atoms with Gasteiger partial charge in [0.2, 0.25) is 13.7 Å². The van der Waals surface area contributed by atoms with E-state index >= 15 is 0 Å². The predicted octanol–water partition coefficient (Wildman–Crippen LogP) is 7.97. The molecule has 2 bridgehead atoms. The molecular weight excluding hydrogens is 611 g/mol. The molecule has 8 nitrogen and oxygen atoms in total. The summed E-state index contributed by atoms with van der Waals surface area (Å²) in [6.45, 7) is 11.3. The van der Waals surface area contributed by atoms with Crippen molar-refractivity contribution in [2.45, 2.75) is 77.7 Å². The number of unbranched alkanes of at least 4 members (excludes halogenated alkanes) is 1. The van der Waals surface area contributed by atoms with Crippen molar-refractivity contribution in [2.24, 2.45) is 17.8 Å². The molecule has 0 radical (unpaired) electrons. The zero-order chi connectivity index (χ0) is 33.4. The zero-order valence-electron chi connectivity index (χ0n) is 28.0. The second-order valence-electron chi connectivity index (χ2n) is 13.3. The second kappa shape index (κ2) is 16.2. The summed E-state index contributed by atoms with van der Waals surface area (Å²) >= 11 is 0. The quantitative estimate of drug-likeness (QED) is 0.0502. The zero-order valence-corrected chi connectivity index (χ0v) is 28.9. The smallest absolute Gasteiger partial charge is 0.316 e. The molecule has 0 amide bonds. The van der Waals surface area contributed by atoms with Crippen molar-refractivity contribution in [1.29, 1.82) is 0 Å². The van der Waals surface area contributed by atoms with Crippen LogP contribution in [0.25, 0.3) is 10.9 Å². The standard InChI is InChI=1S/C38H49N2O6P/c1-5-29-25-40-22-20-30(29)24-34(40)37(32-19-21-39-33-18-11-10-17-31(32)33)44-36(42)26-47(43,46-38(27(3)4)45-35(41)6-2)23-13-12-16-28-14-8-7-9-15-28/h5,7-11,14-15,17-19,21,27,29-30,34,37-38H,1,6,12-13,16,20,22-26H2,2-4H3/t29-,30?,34+,37-,38-,47?/m1/s1. The highest BCUT2D eigenvalue weighted by Gasteiger charge is 2.45. The van der Waals surface area contributed by atoms with E-state index in [4.69, 9.17) is 14.0 Å². The van der Waals surface area contributed by atoms with Gasteiger partial charge in [0.15, 0.2) is 0 Å². The lowest BCUT2D eigenvalue weighted by Crippen LogP contribution is -2.55. The number of nitrogens with zero attached hydrogens (tertiary/aromatic N) is 2. The van der Waals surface area contributed by atoms with Crippen LogP contribution in [0.3, 0.4) is 0 Å². The summed E-state index contributed by atoms with van der Waals surface area (Å²) in [7, 11) is -3.63. The molecule has 0 N–H and O–H groups in total. The molecule has 0 aliphatic carbocycles. The van der Waals surface area contributed by atoms with E-state index in [9.17, 15) is 14.2 Å². The lowest BCUT2D eigenvalue weighted by atomic mass is 9.73. The first-order valence-electron chi connectivity index (χ1n) is 17.1. The molecule has 3 saturated heterocycles. The fourth-order valence-electron chi connectivity index (χ4n) is 6.96. The van der Waals surface area contributed by atoms with Crippen molar-refractivity contribution in [3.05, 3.63) is 90.6 Å². The number of aromatic nitrogens is 1. The minimum absolute atomic E-state index is 0.0280. The topological polar surface area (TPSA) is 95.0 Å². The molecule has 3 aliphatic rings. The Morgan fingerprint density at radius 3 is 2.51 bits per heavy atom. The van der Waals surface area contributed by atoms with E-state index in [1.165, 1.54) is 5.56 Å². The monoisotopic (exact) mass is 660 g/mol. The third-order valence-electron chi connectivity index (χ3n) is 9.55. The molecule has 3 aliphatic heterocycles. The Hall–Kier alpha value is -3.32. The molecule has 6 rings (SSSR count). The first-order valence-corrected chi connectivity index (χ1v) is 19.1. The van der Waals surface area contributed by atoms with E-state index in [1.807, 2.05) is 62.4 Å². The number of esters is 2. The van der Waals surface area contributed by atoms with Crippen LogP contribution in [0.4, 0.5) is 0 Å². The number of carbonyl (C=O) groups excluding carboxylic acids is 2. The molecule has 0 spiro atoms. The number of hydrogen-bond donors (Lipinski definition) is 0. The van der Waals surface area contributed by atoms with Gasteiger partial charge in [0.05, 0.1) is 11.6 Å². The van der Waals surface area contributed by atoms with Crippen LogP contribution in [0, 0.1) is 17.8 Å². The molecule has 4 heterocycles. The molecular formula is C38H49N2O6P. The first kappa shape index (κ1) is 35.0. The van der Waals surface area contributed by atoms with Crippen LogP contribution in [0.15, 0.2) is 79.5 Å². The number of aryl methyl sites for hydroxylation is 1. The number of para-hydroxylation sites is 1. The highest BCUT2D eigenvalue weighted by atomic mass is 31.2. The Balaban J connectivity index is 1.39. The average molecular weight is 661 g/mol. The van der Waals surface area contributed by atoms with Crippen molar-refractivity contribution < 1.29 is 28.2 Å². The molecule has 2 aromatic carbocycles. The van der Waals surface area contributed by atoms with E-state index in [0.29, 0.717) is 18.3 Å². The van der Waals surface area contributed by atoms with Crippen molar-refractivity contribution in [3.8, 4) is 0 Å². The maximum atomic E-state index is 14.6. The summed E-state index contributed by atoms with van der Waals surface area (Å²) in [5.74, 6) is -0.386. The highest BCUT2D eigenvalue weighted by Crippen LogP contribution is 2.51. The van der Waals surface area contributed by atoms with Gasteiger partial charge in [-0.15, -0.1) is 6.58 Å². The molecule has 9 heteroatoms. The van der Waals surface area contributed by atoms with E-state index in [2.05, 4.69) is 34.7 Å². The van der Waals surface area contributed by atoms with Gasteiger partial charge < -0.3 is 9.47 Å². The Labute approximate surface area is 279 Å². The average Bonchev–Trinajstić information content (AvgIpc) is 3.09. The summed E-state index contributed by atoms with van der Waals surface area (Å²) in [5, 5.41) is 0.933. The number of ether oxygens (including phenoxy) is 2. The van der Waals surface area contributed by atoms with Crippen molar-refractivity contribution in [2.75, 3.05) is 25.4 Å². The maximum Gasteiger partial charge on any atom is 0.316 e. The molecule has 3 fully saturated rings. The highest BCUT2D eigenvalue weighted by molar-refractivity contribution is 7.59. The van der Waals surface area contributed by atoms with E-state index in [0.717, 1.165) is 55.2 Å². The van der Waals surface area contributed by atoms with E-state index in [-0.39, 0.29) is 24.5 Å². The fraction of sp³-hybridized carbons (Fsp3) is 0.500. The van der Waals surface area contributed by atoms with Gasteiger partial charge in [0.1, 0.15) is 12.3 Å². The normalized spacial score (nSPS) is 23.1. The van der Waals surface area contributed by atoms with Gasteiger partial charge in [-0.1, -0.05) is 75.4 Å². The molecule has 252 valence electrons. The molecule has 7 atom stereocenters. The number of rotatable bonds is 16. The van der Waals surface area contributed by atoms with Gasteiger partial charge in [-0.3, -0.25) is 28.6 Å². The number of piperidine rings is 3. The first-order chi connectivity index (χ1) is 22.7. The van der Waals surface area contributed by atoms with Crippen LogP contribution in [-0.2, 0) is 34.6 Å². The molecule has 47 heavy (non-hydrogen) atoms. The minimum atomic E-state index is -3.63. The lowest BCUT2D eigenvalue weighted by molar-refractivity contribution is -0.169. The van der Waals surface area contributed by atoms with Crippen LogP contribution < -0.4 is 0 Å². The van der Waals surface area contributed by atoms with Gasteiger partial charge in [0.25, 0.3) is 0 Å². The van der Waals surface area contributed by atoms with Crippen LogP contribution in [0.5, 0.6) is 0 Å². The minimum Gasteiger partial charge on any atom is -0.455 e. The van der Waals surface area contributed by atoms with Crippen LogP contribution in [0.1, 0.15) is 70.1 Å². The number of carbonyl (C=O) groups is 2. The van der Waals surface area contributed by atoms with E-state index in [1.54, 1.807) is 13.1 Å². The Morgan fingerprint density at radius 2 is 1.81 bits per heavy atom. The summed E-state index contributed by atoms with van der Waals surface area (Å²) in [6.07, 6.45) is 6.34. The number of pyridine rings is 1. The third kappa shape index (κ3) is 8.98. The Morgan fingerprint density at radius 1 is 1.04 bits per heavy atom. The summed E-state index contributed by atoms with van der Waals surface area (Å²) in [5.41, 5.74) is 2.92. The Bertz CT molecular complexity index is 1560. The van der Waals surface area contributed by atoms with Crippen LogP contribution in [0.2, 0.25) is 0 Å². The summed E-state index contributed by atoms with van der Waals surface area (Å²) in [4.78, 5) is 33.2. The molecule has 1 aromatic heterocycles. The fourth-order valence-corrected chi connectivity index (χ4v) is 9.14. The Kier molecular flexibility index (Phi) is 12.1. The van der Waals surface area contributed by atoms with Gasteiger partial charge in [0, 0.05) is 42.2 Å². The van der Waals surface area contributed by atoms with Gasteiger partial charge in [-0.2, -0.15) is 0 Å². The van der Waals surface area contributed by atoms with Crippen molar-refractivity contribution >= 4 is 30.2 Å². The van der Waals surface area contributed by atoms with Crippen LogP contribution >= 0.6 is 7.37 Å². The predicted molar refractivity (Wildman–Crippen MR) is 185 cm³/mol. The van der Waals surface area contributed by atoms with Gasteiger partial charge >= 0.3 is 11.9 Å². The van der Waals surface area contributed by atoms with Crippen molar-refractivity contribution in [1.82, 2.24) is 9.88 Å². The number of benzene rings is 2.